The third-order valence-electron chi connectivity index (χ3n) is 6.03. The number of nitrogens with zero attached hydrogens (tertiary/aromatic N) is 4. The minimum Gasteiger partial charge on any atom is -0.481 e. The Labute approximate surface area is 181 Å². The van der Waals surface area contributed by atoms with E-state index < -0.39 is 11.4 Å². The Kier molecular flexibility index (Phi) is 5.22. The zero-order valence-corrected chi connectivity index (χ0v) is 18.6. The van der Waals surface area contributed by atoms with Crippen LogP contribution in [0.25, 0.3) is 16.9 Å². The van der Waals surface area contributed by atoms with E-state index in [1.807, 2.05) is 48.7 Å². The Balaban J connectivity index is 1.90. The van der Waals surface area contributed by atoms with Gasteiger partial charge in [-0.05, 0) is 44.7 Å². The van der Waals surface area contributed by atoms with E-state index in [-0.39, 0.29) is 5.92 Å². The van der Waals surface area contributed by atoms with Gasteiger partial charge in [-0.15, -0.1) is 0 Å². The first kappa shape index (κ1) is 20.7. The van der Waals surface area contributed by atoms with E-state index in [4.69, 9.17) is 21.7 Å². The van der Waals surface area contributed by atoms with Crippen LogP contribution in [0.2, 0.25) is 5.02 Å². The molecule has 3 heterocycles. The fourth-order valence-corrected chi connectivity index (χ4v) is 4.58. The second kappa shape index (κ2) is 7.58. The fourth-order valence-electron chi connectivity index (χ4n) is 4.45. The van der Waals surface area contributed by atoms with Gasteiger partial charge in [0, 0.05) is 41.0 Å². The van der Waals surface area contributed by atoms with Crippen LogP contribution in [0.1, 0.15) is 50.8 Å². The Morgan fingerprint density at radius 1 is 1.27 bits per heavy atom. The predicted octanol–water partition coefficient (Wildman–Crippen LogP) is 5.17. The number of carbonyl (C=O) groups is 1. The first-order valence-corrected chi connectivity index (χ1v) is 10.7. The zero-order valence-electron chi connectivity index (χ0n) is 17.8. The number of hydrogen-bond donors (Lipinski definition) is 1. The molecule has 0 bridgehead atoms. The molecule has 1 aliphatic rings. The van der Waals surface area contributed by atoms with Gasteiger partial charge in [0.2, 0.25) is 0 Å². The molecule has 2 aromatic heterocycles. The minimum absolute atomic E-state index is 0.234. The Bertz CT molecular complexity index is 1110. The number of aryl methyl sites for hydroxylation is 1. The molecular weight excluding hydrogens is 400 g/mol. The van der Waals surface area contributed by atoms with Crippen molar-refractivity contribution >= 4 is 29.0 Å². The lowest BCUT2D eigenvalue weighted by molar-refractivity contribution is -0.148. The van der Waals surface area contributed by atoms with E-state index >= 15 is 0 Å². The van der Waals surface area contributed by atoms with Crippen LogP contribution in [-0.2, 0) is 4.79 Å². The molecule has 1 N–H and O–H groups in total. The van der Waals surface area contributed by atoms with Gasteiger partial charge in [-0.2, -0.15) is 9.61 Å². The van der Waals surface area contributed by atoms with Crippen LogP contribution in [0.15, 0.2) is 30.3 Å². The van der Waals surface area contributed by atoms with Gasteiger partial charge in [-0.3, -0.25) is 4.79 Å². The van der Waals surface area contributed by atoms with Crippen molar-refractivity contribution < 1.29 is 9.90 Å². The standard InChI is InChI=1S/C23H27ClN4O2/c1-14(2)20-15(3)25-19-12-18(16-6-8-17(24)9-7-16)26-28(19)21(20)27-11-5-10-23(4,13-27)22(29)30/h6-9,12,14H,5,10-11,13H2,1-4H3,(H,29,30). The molecule has 0 saturated carbocycles. The van der Waals surface area contributed by atoms with Gasteiger partial charge in [-0.25, -0.2) is 4.98 Å². The minimum atomic E-state index is -0.776. The summed E-state index contributed by atoms with van der Waals surface area (Å²) in [6, 6.07) is 9.57. The number of anilines is 1. The van der Waals surface area contributed by atoms with Gasteiger partial charge in [0.25, 0.3) is 0 Å². The van der Waals surface area contributed by atoms with Crippen LogP contribution in [0.3, 0.4) is 0 Å². The van der Waals surface area contributed by atoms with Crippen LogP contribution in [0.5, 0.6) is 0 Å². The Hall–Kier alpha value is -2.60. The van der Waals surface area contributed by atoms with Crippen molar-refractivity contribution in [2.75, 3.05) is 18.0 Å². The highest BCUT2D eigenvalue weighted by Gasteiger charge is 2.39. The molecule has 1 fully saturated rings. The molecule has 30 heavy (non-hydrogen) atoms. The normalized spacial score (nSPS) is 19.6. The largest absolute Gasteiger partial charge is 0.481 e. The summed E-state index contributed by atoms with van der Waals surface area (Å²) in [5.74, 6) is 0.445. The number of halogens is 1. The van der Waals surface area contributed by atoms with E-state index in [2.05, 4.69) is 18.7 Å². The molecule has 0 spiro atoms. The molecule has 1 aliphatic heterocycles. The second-order valence-electron chi connectivity index (χ2n) is 8.79. The average Bonchev–Trinajstić information content (AvgIpc) is 3.10. The topological polar surface area (TPSA) is 70.7 Å². The van der Waals surface area contributed by atoms with Crippen molar-refractivity contribution in [2.45, 2.75) is 46.5 Å². The molecule has 6 nitrogen and oxygen atoms in total. The summed E-state index contributed by atoms with van der Waals surface area (Å²) in [5.41, 5.74) is 3.84. The third-order valence-corrected chi connectivity index (χ3v) is 6.29. The molecule has 158 valence electrons. The maximum Gasteiger partial charge on any atom is 0.311 e. The Morgan fingerprint density at radius 2 is 1.97 bits per heavy atom. The van der Waals surface area contributed by atoms with Gasteiger partial charge in [0.1, 0.15) is 5.82 Å². The molecule has 0 aliphatic carbocycles. The van der Waals surface area contributed by atoms with Crippen molar-refractivity contribution in [2.24, 2.45) is 5.41 Å². The van der Waals surface area contributed by atoms with Gasteiger partial charge in [0.05, 0.1) is 11.1 Å². The number of aromatic nitrogens is 3. The quantitative estimate of drug-likeness (QED) is 0.622. The van der Waals surface area contributed by atoms with Crippen molar-refractivity contribution in [3.8, 4) is 11.3 Å². The van der Waals surface area contributed by atoms with Crippen molar-refractivity contribution in [1.82, 2.24) is 14.6 Å². The smallest absolute Gasteiger partial charge is 0.311 e. The first-order valence-electron chi connectivity index (χ1n) is 10.3. The summed E-state index contributed by atoms with van der Waals surface area (Å²) in [4.78, 5) is 19.0. The van der Waals surface area contributed by atoms with Crippen LogP contribution in [0.4, 0.5) is 5.82 Å². The lowest BCUT2D eigenvalue weighted by Crippen LogP contribution is -2.47. The second-order valence-corrected chi connectivity index (χ2v) is 9.22. The molecule has 0 radical (unpaired) electrons. The van der Waals surface area contributed by atoms with E-state index in [1.54, 1.807) is 0 Å². The number of piperidine rings is 1. The summed E-state index contributed by atoms with van der Waals surface area (Å²) < 4.78 is 1.89. The van der Waals surface area contributed by atoms with Gasteiger partial charge in [-0.1, -0.05) is 37.6 Å². The van der Waals surface area contributed by atoms with E-state index in [1.165, 1.54) is 0 Å². The monoisotopic (exact) mass is 426 g/mol. The van der Waals surface area contributed by atoms with Crippen LogP contribution >= 0.6 is 11.6 Å². The molecule has 0 amide bonds. The molecule has 1 aromatic carbocycles. The van der Waals surface area contributed by atoms with Gasteiger partial charge in [0.15, 0.2) is 5.65 Å². The molecule has 1 unspecified atom stereocenters. The van der Waals surface area contributed by atoms with Crippen LogP contribution < -0.4 is 4.90 Å². The summed E-state index contributed by atoms with van der Waals surface area (Å²) in [7, 11) is 0. The van der Waals surface area contributed by atoms with E-state index in [9.17, 15) is 9.90 Å². The molecule has 1 atom stereocenters. The zero-order chi connectivity index (χ0) is 21.6. The fraction of sp³-hybridized carbons (Fsp3) is 0.435. The highest BCUT2D eigenvalue weighted by Crippen LogP contribution is 2.37. The summed E-state index contributed by atoms with van der Waals surface area (Å²) in [6.45, 7) is 9.40. The predicted molar refractivity (Wildman–Crippen MR) is 119 cm³/mol. The van der Waals surface area contributed by atoms with Gasteiger partial charge < -0.3 is 10.0 Å². The molecule has 7 heteroatoms. The summed E-state index contributed by atoms with van der Waals surface area (Å²) in [6.07, 6.45) is 1.51. The van der Waals surface area contributed by atoms with Crippen molar-refractivity contribution in [3.63, 3.8) is 0 Å². The van der Waals surface area contributed by atoms with Crippen LogP contribution in [-0.4, -0.2) is 38.8 Å². The number of aliphatic carboxylic acids is 1. The van der Waals surface area contributed by atoms with Crippen molar-refractivity contribution in [3.05, 3.63) is 46.6 Å². The lowest BCUT2D eigenvalue weighted by Gasteiger charge is -2.40. The highest BCUT2D eigenvalue weighted by atomic mass is 35.5. The van der Waals surface area contributed by atoms with E-state index in [0.29, 0.717) is 18.0 Å². The van der Waals surface area contributed by atoms with Crippen molar-refractivity contribution in [1.29, 1.82) is 0 Å². The number of benzene rings is 1. The molecule has 4 rings (SSSR count). The highest BCUT2D eigenvalue weighted by molar-refractivity contribution is 6.30. The third kappa shape index (κ3) is 3.54. The van der Waals surface area contributed by atoms with E-state index in [0.717, 1.165) is 46.9 Å². The molecule has 3 aromatic rings. The Morgan fingerprint density at radius 3 is 2.60 bits per heavy atom. The lowest BCUT2D eigenvalue weighted by atomic mass is 9.81. The molecular formula is C23H27ClN4O2. The maximum absolute atomic E-state index is 11.9. The maximum atomic E-state index is 11.9. The number of carboxylic acid groups (broad SMARTS) is 1. The molecule has 1 saturated heterocycles. The number of hydrogen-bond acceptors (Lipinski definition) is 4. The summed E-state index contributed by atoms with van der Waals surface area (Å²) in [5, 5.41) is 15.4. The first-order chi connectivity index (χ1) is 14.2. The number of rotatable bonds is 4. The SMILES string of the molecule is Cc1nc2cc(-c3ccc(Cl)cc3)nn2c(N2CCCC(C)(C(=O)O)C2)c1C(C)C. The average molecular weight is 427 g/mol. The van der Waals surface area contributed by atoms with Gasteiger partial charge >= 0.3 is 5.97 Å². The number of fused-ring (bicyclic) bond motifs is 1. The summed E-state index contributed by atoms with van der Waals surface area (Å²) >= 11 is 6.04. The number of carboxylic acids is 1. The van der Waals surface area contributed by atoms with Crippen LogP contribution in [0, 0.1) is 12.3 Å².